The van der Waals surface area contributed by atoms with Gasteiger partial charge >= 0.3 is 5.97 Å². The summed E-state index contributed by atoms with van der Waals surface area (Å²) in [5.41, 5.74) is -0.543. The molecule has 0 saturated carbocycles. The van der Waals surface area contributed by atoms with Crippen LogP contribution in [0.5, 0.6) is 0 Å². The van der Waals surface area contributed by atoms with Gasteiger partial charge in [-0.2, -0.15) is 5.26 Å². The van der Waals surface area contributed by atoms with Gasteiger partial charge in [0, 0.05) is 10.7 Å². The highest BCUT2D eigenvalue weighted by atomic mass is 79.9. The van der Waals surface area contributed by atoms with Gasteiger partial charge in [-0.1, -0.05) is 0 Å². The lowest BCUT2D eigenvalue weighted by Crippen LogP contribution is -2.10. The lowest BCUT2D eigenvalue weighted by atomic mass is 10.1. The van der Waals surface area contributed by atoms with E-state index < -0.39 is 18.0 Å². The first-order valence-corrected chi connectivity index (χ1v) is 5.81. The zero-order valence-electron chi connectivity index (χ0n) is 9.41. The minimum atomic E-state index is -2.82. The number of nitrogens with zero attached hydrogens (tertiary/aromatic N) is 2. The van der Waals surface area contributed by atoms with Crippen LogP contribution in [-0.2, 0) is 16.0 Å². The molecule has 0 aliphatic rings. The van der Waals surface area contributed by atoms with E-state index in [1.807, 2.05) is 0 Å². The van der Waals surface area contributed by atoms with Crippen molar-refractivity contribution < 1.29 is 18.3 Å². The fraction of sp³-hybridized carbons (Fsp3) is 0.364. The Bertz CT molecular complexity index is 501. The lowest BCUT2D eigenvalue weighted by Gasteiger charge is -2.09. The van der Waals surface area contributed by atoms with Crippen LogP contribution in [0.1, 0.15) is 30.2 Å². The summed E-state index contributed by atoms with van der Waals surface area (Å²) in [7, 11) is 0. The van der Waals surface area contributed by atoms with Gasteiger partial charge in [0.1, 0.15) is 6.07 Å². The zero-order valence-corrected chi connectivity index (χ0v) is 11.0. The summed E-state index contributed by atoms with van der Waals surface area (Å²) in [6.45, 7) is 1.85. The lowest BCUT2D eigenvalue weighted by molar-refractivity contribution is -0.142. The summed E-state index contributed by atoms with van der Waals surface area (Å²) in [6.07, 6.45) is -2.02. The van der Waals surface area contributed by atoms with Gasteiger partial charge in [0.25, 0.3) is 6.43 Å². The van der Waals surface area contributed by atoms with Gasteiger partial charge in [0.15, 0.2) is 0 Å². The molecule has 0 aliphatic carbocycles. The van der Waals surface area contributed by atoms with Crippen LogP contribution in [0.2, 0.25) is 0 Å². The number of aromatic nitrogens is 1. The molecule has 18 heavy (non-hydrogen) atoms. The van der Waals surface area contributed by atoms with Crippen molar-refractivity contribution in [3.63, 3.8) is 0 Å². The molecule has 0 spiro atoms. The maximum Gasteiger partial charge on any atom is 0.311 e. The molecular formula is C11H9BrF2N2O2. The number of alkyl halides is 2. The molecule has 0 atom stereocenters. The Labute approximate surface area is 111 Å². The molecule has 0 N–H and O–H groups in total. The topological polar surface area (TPSA) is 63.0 Å². The number of carbonyl (C=O) groups is 1. The maximum absolute atomic E-state index is 12.8. The number of halogens is 3. The van der Waals surface area contributed by atoms with Gasteiger partial charge in [-0.25, -0.2) is 8.78 Å². The molecular weight excluding hydrogens is 310 g/mol. The molecule has 0 aromatic carbocycles. The van der Waals surface area contributed by atoms with Crippen LogP contribution in [0.3, 0.4) is 0 Å². The number of nitriles is 1. The third-order valence-electron chi connectivity index (χ3n) is 2.09. The number of carbonyl (C=O) groups excluding carboxylic acids is 1. The van der Waals surface area contributed by atoms with Crippen LogP contribution in [0.15, 0.2) is 10.7 Å². The third-order valence-corrected chi connectivity index (χ3v) is 2.97. The predicted octanol–water partition coefficient (Wildman–Crippen LogP) is 2.76. The minimum absolute atomic E-state index is 0.0235. The SMILES string of the molecule is CCOC(=O)Cc1ncc(C#N)c(C(F)F)c1Br. The van der Waals surface area contributed by atoms with E-state index in [2.05, 4.69) is 20.9 Å². The van der Waals surface area contributed by atoms with Gasteiger partial charge < -0.3 is 4.74 Å². The molecule has 96 valence electrons. The third kappa shape index (κ3) is 3.23. The molecule has 1 aromatic heterocycles. The number of ether oxygens (including phenoxy) is 1. The minimum Gasteiger partial charge on any atom is -0.466 e. The average Bonchev–Trinajstić information content (AvgIpc) is 2.31. The number of rotatable bonds is 4. The van der Waals surface area contributed by atoms with Crippen molar-refractivity contribution in [2.24, 2.45) is 0 Å². The second-order valence-electron chi connectivity index (χ2n) is 3.24. The van der Waals surface area contributed by atoms with Crippen molar-refractivity contribution in [2.75, 3.05) is 6.61 Å². The summed E-state index contributed by atoms with van der Waals surface area (Å²) >= 11 is 2.95. The Hall–Kier alpha value is -1.55. The largest absolute Gasteiger partial charge is 0.466 e. The Morgan fingerprint density at radius 2 is 2.33 bits per heavy atom. The quantitative estimate of drug-likeness (QED) is 0.801. The first-order chi connectivity index (χ1) is 8.51. The van der Waals surface area contributed by atoms with E-state index in [-0.39, 0.29) is 28.8 Å². The van der Waals surface area contributed by atoms with E-state index in [1.165, 1.54) is 0 Å². The zero-order chi connectivity index (χ0) is 13.7. The van der Waals surface area contributed by atoms with Crippen molar-refractivity contribution in [3.8, 4) is 6.07 Å². The Morgan fingerprint density at radius 3 is 2.83 bits per heavy atom. The molecule has 7 heteroatoms. The monoisotopic (exact) mass is 318 g/mol. The van der Waals surface area contributed by atoms with E-state index in [9.17, 15) is 13.6 Å². The van der Waals surface area contributed by atoms with E-state index >= 15 is 0 Å². The summed E-state index contributed by atoms with van der Waals surface area (Å²) in [5.74, 6) is -0.560. The van der Waals surface area contributed by atoms with Crippen LogP contribution < -0.4 is 0 Å². The standard InChI is InChI=1S/C11H9BrF2N2O2/c1-2-18-8(17)3-7-10(12)9(11(13)14)6(4-15)5-16-7/h5,11H,2-3H2,1H3. The molecule has 0 bridgehead atoms. The van der Waals surface area contributed by atoms with Crippen LogP contribution >= 0.6 is 15.9 Å². The van der Waals surface area contributed by atoms with Crippen molar-refractivity contribution >= 4 is 21.9 Å². The van der Waals surface area contributed by atoms with Gasteiger partial charge in [-0.15, -0.1) is 0 Å². The van der Waals surface area contributed by atoms with Gasteiger partial charge in [0.2, 0.25) is 0 Å². The van der Waals surface area contributed by atoms with Gasteiger partial charge in [-0.05, 0) is 22.9 Å². The number of hydrogen-bond donors (Lipinski definition) is 0. The molecule has 1 aromatic rings. The molecule has 0 saturated heterocycles. The highest BCUT2D eigenvalue weighted by molar-refractivity contribution is 9.10. The fourth-order valence-corrected chi connectivity index (χ4v) is 1.95. The molecule has 0 unspecified atom stereocenters. The molecule has 0 radical (unpaired) electrons. The van der Waals surface area contributed by atoms with Crippen molar-refractivity contribution in [3.05, 3.63) is 27.5 Å². The predicted molar refractivity (Wildman–Crippen MR) is 61.9 cm³/mol. The maximum atomic E-state index is 12.8. The summed E-state index contributed by atoms with van der Waals surface area (Å²) < 4.78 is 30.3. The van der Waals surface area contributed by atoms with Gasteiger partial charge in [0.05, 0.1) is 29.8 Å². The van der Waals surface area contributed by atoms with Crippen molar-refractivity contribution in [2.45, 2.75) is 19.8 Å². The molecule has 1 heterocycles. The second-order valence-corrected chi connectivity index (χ2v) is 4.03. The highest BCUT2D eigenvalue weighted by Crippen LogP contribution is 2.32. The summed E-state index contributed by atoms with van der Waals surface area (Å²) in [5, 5.41) is 8.71. The second kappa shape index (κ2) is 6.40. The smallest absolute Gasteiger partial charge is 0.311 e. The number of esters is 1. The van der Waals surface area contributed by atoms with Crippen LogP contribution in [0.25, 0.3) is 0 Å². The van der Waals surface area contributed by atoms with Crippen LogP contribution in [0, 0.1) is 11.3 Å². The highest BCUT2D eigenvalue weighted by Gasteiger charge is 2.21. The Morgan fingerprint density at radius 1 is 1.67 bits per heavy atom. The van der Waals surface area contributed by atoms with Crippen molar-refractivity contribution in [1.29, 1.82) is 5.26 Å². The molecule has 4 nitrogen and oxygen atoms in total. The molecule has 0 fully saturated rings. The van der Waals surface area contributed by atoms with Gasteiger partial charge in [-0.3, -0.25) is 9.78 Å². The molecule has 0 aliphatic heterocycles. The molecule has 0 amide bonds. The fourth-order valence-electron chi connectivity index (χ4n) is 1.32. The van der Waals surface area contributed by atoms with E-state index in [4.69, 9.17) is 10.00 Å². The first kappa shape index (κ1) is 14.5. The molecule has 1 rings (SSSR count). The number of pyridine rings is 1. The number of hydrogen-bond acceptors (Lipinski definition) is 4. The van der Waals surface area contributed by atoms with E-state index in [0.717, 1.165) is 6.20 Å². The van der Waals surface area contributed by atoms with E-state index in [0.29, 0.717) is 0 Å². The van der Waals surface area contributed by atoms with Crippen LogP contribution in [0.4, 0.5) is 8.78 Å². The average molecular weight is 319 g/mol. The summed E-state index contributed by atoms with van der Waals surface area (Å²) in [6, 6.07) is 1.63. The van der Waals surface area contributed by atoms with E-state index in [1.54, 1.807) is 13.0 Å². The first-order valence-electron chi connectivity index (χ1n) is 5.02. The van der Waals surface area contributed by atoms with Crippen LogP contribution in [-0.4, -0.2) is 17.6 Å². The Balaban J connectivity index is 3.13. The Kier molecular flexibility index (Phi) is 5.16. The summed E-state index contributed by atoms with van der Waals surface area (Å²) in [4.78, 5) is 15.1. The normalized spacial score (nSPS) is 10.2. The van der Waals surface area contributed by atoms with Crippen molar-refractivity contribution in [1.82, 2.24) is 4.98 Å².